The first kappa shape index (κ1) is 16.6. The zero-order valence-corrected chi connectivity index (χ0v) is 15.8. The highest BCUT2D eigenvalue weighted by Gasteiger charge is 2.16. The average molecular weight is 381 g/mol. The first-order valence-electron chi connectivity index (χ1n) is 7.89. The minimum absolute atomic E-state index is 0.259. The van der Waals surface area contributed by atoms with Crippen LogP contribution in [0.15, 0.2) is 48.1 Å². The molecule has 0 atom stereocenters. The van der Waals surface area contributed by atoms with Gasteiger partial charge in [0.05, 0.1) is 16.8 Å². The molecule has 1 aromatic carbocycles. The van der Waals surface area contributed by atoms with E-state index in [1.165, 1.54) is 22.7 Å². The van der Waals surface area contributed by atoms with Crippen LogP contribution in [0, 0.1) is 6.92 Å². The molecule has 26 heavy (non-hydrogen) atoms. The molecule has 0 saturated heterocycles. The van der Waals surface area contributed by atoms with Gasteiger partial charge in [0.15, 0.2) is 5.13 Å². The molecule has 4 rings (SSSR count). The van der Waals surface area contributed by atoms with Crippen molar-refractivity contribution in [1.82, 2.24) is 19.7 Å². The number of aromatic nitrogens is 4. The second-order valence-electron chi connectivity index (χ2n) is 5.69. The van der Waals surface area contributed by atoms with E-state index in [1.54, 1.807) is 16.3 Å². The lowest BCUT2D eigenvalue weighted by Gasteiger charge is -1.97. The molecule has 1 amide bonds. The van der Waals surface area contributed by atoms with Crippen LogP contribution in [-0.2, 0) is 7.05 Å². The monoisotopic (exact) mass is 381 g/mol. The van der Waals surface area contributed by atoms with Gasteiger partial charge < -0.3 is 0 Å². The van der Waals surface area contributed by atoms with E-state index < -0.39 is 0 Å². The van der Waals surface area contributed by atoms with Crippen LogP contribution in [-0.4, -0.2) is 25.7 Å². The van der Waals surface area contributed by atoms with E-state index in [1.807, 2.05) is 50.5 Å². The van der Waals surface area contributed by atoms with Crippen molar-refractivity contribution in [2.24, 2.45) is 7.05 Å². The van der Waals surface area contributed by atoms with Crippen LogP contribution in [0.4, 0.5) is 5.13 Å². The van der Waals surface area contributed by atoms with Gasteiger partial charge in [-0.3, -0.25) is 14.8 Å². The number of carbonyl (C=O) groups excluding carboxylic acids is 1. The number of hydrogen-bond acceptors (Lipinski definition) is 6. The highest BCUT2D eigenvalue weighted by atomic mass is 32.1. The van der Waals surface area contributed by atoms with Crippen molar-refractivity contribution in [3.63, 3.8) is 0 Å². The third-order valence-corrected chi connectivity index (χ3v) is 5.75. The summed E-state index contributed by atoms with van der Waals surface area (Å²) >= 11 is 2.88. The van der Waals surface area contributed by atoms with Crippen LogP contribution in [0.5, 0.6) is 0 Å². The molecule has 0 fully saturated rings. The molecular formula is C18H15N5OS2. The van der Waals surface area contributed by atoms with E-state index in [9.17, 15) is 4.79 Å². The smallest absolute Gasteiger partial charge is 0.276 e. The predicted molar refractivity (Wildman–Crippen MR) is 105 cm³/mol. The molecule has 0 aliphatic heterocycles. The summed E-state index contributed by atoms with van der Waals surface area (Å²) in [5.41, 5.74) is 3.26. The van der Waals surface area contributed by atoms with Gasteiger partial charge in [-0.25, -0.2) is 9.97 Å². The Morgan fingerprint density at radius 3 is 2.69 bits per heavy atom. The number of amides is 1. The van der Waals surface area contributed by atoms with Gasteiger partial charge in [0, 0.05) is 24.2 Å². The van der Waals surface area contributed by atoms with E-state index in [4.69, 9.17) is 0 Å². The maximum absolute atomic E-state index is 12.5. The Bertz CT molecular complexity index is 1060. The summed E-state index contributed by atoms with van der Waals surface area (Å²) in [6.07, 6.45) is 3.60. The summed E-state index contributed by atoms with van der Waals surface area (Å²) in [5, 5.41) is 10.1. The quantitative estimate of drug-likeness (QED) is 0.574. The van der Waals surface area contributed by atoms with Crippen LogP contribution >= 0.6 is 22.7 Å². The summed E-state index contributed by atoms with van der Waals surface area (Å²) in [5.74, 6) is -0.259. The molecule has 0 saturated carbocycles. The molecule has 4 aromatic rings. The molecule has 0 bridgehead atoms. The fourth-order valence-corrected chi connectivity index (χ4v) is 4.25. The summed E-state index contributed by atoms with van der Waals surface area (Å²) in [4.78, 5) is 22.4. The lowest BCUT2D eigenvalue weighted by Crippen LogP contribution is -2.12. The highest BCUT2D eigenvalue weighted by molar-refractivity contribution is 7.19. The highest BCUT2D eigenvalue weighted by Crippen LogP contribution is 2.33. The molecule has 0 aliphatic rings. The van der Waals surface area contributed by atoms with Crippen molar-refractivity contribution in [3.8, 4) is 21.0 Å². The molecule has 6 nitrogen and oxygen atoms in total. The molecule has 0 spiro atoms. The maximum atomic E-state index is 12.5. The van der Waals surface area contributed by atoms with Crippen LogP contribution in [0.2, 0.25) is 0 Å². The lowest BCUT2D eigenvalue weighted by atomic mass is 10.2. The van der Waals surface area contributed by atoms with Gasteiger partial charge in [-0.05, 0) is 12.5 Å². The SMILES string of the molecule is Cc1nc(NC(=O)c2csc(-c3cnn(C)c3)n2)sc1-c1ccccc1. The number of carbonyl (C=O) groups is 1. The Morgan fingerprint density at radius 2 is 1.96 bits per heavy atom. The number of rotatable bonds is 4. The van der Waals surface area contributed by atoms with E-state index in [2.05, 4.69) is 20.4 Å². The fourth-order valence-electron chi connectivity index (χ4n) is 2.51. The van der Waals surface area contributed by atoms with E-state index in [0.29, 0.717) is 10.8 Å². The number of nitrogens with one attached hydrogen (secondary N) is 1. The predicted octanol–water partition coefficient (Wildman–Crippen LogP) is 4.23. The molecule has 0 aliphatic carbocycles. The lowest BCUT2D eigenvalue weighted by molar-refractivity contribution is 0.102. The second kappa shape index (κ2) is 6.81. The van der Waals surface area contributed by atoms with Crippen LogP contribution in [0.1, 0.15) is 16.2 Å². The Balaban J connectivity index is 1.53. The molecule has 130 valence electrons. The summed E-state index contributed by atoms with van der Waals surface area (Å²) in [7, 11) is 1.85. The summed E-state index contributed by atoms with van der Waals surface area (Å²) in [6.45, 7) is 1.94. The number of hydrogen-bond donors (Lipinski definition) is 1. The van der Waals surface area contributed by atoms with Crippen LogP contribution in [0.3, 0.4) is 0 Å². The van der Waals surface area contributed by atoms with Crippen LogP contribution < -0.4 is 5.32 Å². The van der Waals surface area contributed by atoms with Crippen molar-refractivity contribution in [1.29, 1.82) is 0 Å². The maximum Gasteiger partial charge on any atom is 0.276 e. The van der Waals surface area contributed by atoms with E-state index >= 15 is 0 Å². The Morgan fingerprint density at radius 1 is 1.15 bits per heavy atom. The van der Waals surface area contributed by atoms with Gasteiger partial charge in [0.1, 0.15) is 10.7 Å². The molecule has 1 N–H and O–H groups in total. The van der Waals surface area contributed by atoms with Crippen LogP contribution in [0.25, 0.3) is 21.0 Å². The minimum Gasteiger partial charge on any atom is -0.296 e. The standard InChI is InChI=1S/C18H15N5OS2/c1-11-15(12-6-4-3-5-7-12)26-18(20-11)22-16(24)14-10-25-17(21-14)13-8-19-23(2)9-13/h3-10H,1-2H3,(H,20,22,24). The molecule has 8 heteroatoms. The van der Waals surface area contributed by atoms with Gasteiger partial charge in [-0.2, -0.15) is 5.10 Å². The first-order chi connectivity index (χ1) is 12.6. The van der Waals surface area contributed by atoms with Crippen molar-refractivity contribution in [2.75, 3.05) is 5.32 Å². The number of nitrogens with zero attached hydrogens (tertiary/aromatic N) is 4. The second-order valence-corrected chi connectivity index (χ2v) is 7.55. The summed E-state index contributed by atoms with van der Waals surface area (Å²) in [6, 6.07) is 10.0. The van der Waals surface area contributed by atoms with E-state index in [0.717, 1.165) is 26.7 Å². The zero-order valence-electron chi connectivity index (χ0n) is 14.1. The Kier molecular flexibility index (Phi) is 4.36. The molecule has 3 aromatic heterocycles. The number of benzene rings is 1. The van der Waals surface area contributed by atoms with Crippen molar-refractivity contribution < 1.29 is 4.79 Å². The Labute approximate surface area is 158 Å². The third kappa shape index (κ3) is 3.29. The minimum atomic E-state index is -0.259. The van der Waals surface area contributed by atoms with Gasteiger partial charge in [-0.15, -0.1) is 11.3 Å². The number of anilines is 1. The van der Waals surface area contributed by atoms with Gasteiger partial charge in [-0.1, -0.05) is 41.7 Å². The molecule has 3 heterocycles. The van der Waals surface area contributed by atoms with Gasteiger partial charge in [0.2, 0.25) is 0 Å². The molecule has 0 unspecified atom stereocenters. The zero-order chi connectivity index (χ0) is 18.1. The Hall–Kier alpha value is -2.84. The average Bonchev–Trinajstić information content (AvgIpc) is 3.35. The largest absolute Gasteiger partial charge is 0.296 e. The molecular weight excluding hydrogens is 366 g/mol. The normalized spacial score (nSPS) is 10.8. The topological polar surface area (TPSA) is 72.7 Å². The van der Waals surface area contributed by atoms with Crippen molar-refractivity contribution >= 4 is 33.7 Å². The van der Waals surface area contributed by atoms with E-state index in [-0.39, 0.29) is 5.91 Å². The first-order valence-corrected chi connectivity index (χ1v) is 9.58. The number of thiazole rings is 2. The molecule has 0 radical (unpaired) electrons. The third-order valence-electron chi connectivity index (χ3n) is 3.74. The van der Waals surface area contributed by atoms with Gasteiger partial charge in [0.25, 0.3) is 5.91 Å². The van der Waals surface area contributed by atoms with Gasteiger partial charge >= 0.3 is 0 Å². The van der Waals surface area contributed by atoms with Crippen molar-refractivity contribution in [3.05, 3.63) is 59.5 Å². The number of aryl methyl sites for hydroxylation is 2. The fraction of sp³-hybridized carbons (Fsp3) is 0.111. The summed E-state index contributed by atoms with van der Waals surface area (Å²) < 4.78 is 1.71. The van der Waals surface area contributed by atoms with Crippen molar-refractivity contribution in [2.45, 2.75) is 6.92 Å².